The first-order chi connectivity index (χ1) is 8.66. The minimum Gasteiger partial charge on any atom is -0.457 e. The zero-order valence-corrected chi connectivity index (χ0v) is 10.8. The fraction of sp³-hybridized carbons (Fsp3) is 0.0769. The van der Waals surface area contributed by atoms with Crippen LogP contribution in [0.4, 0.5) is 0 Å². The van der Waals surface area contributed by atoms with Crippen molar-refractivity contribution >= 4 is 27.7 Å². The Kier molecular flexibility index (Phi) is 3.94. The Morgan fingerprint density at radius 3 is 2.72 bits per heavy atom. The standard InChI is InChI=1S/C13H9BrO4/c14-10-4-1-3-9(7-10)11(15)8-18-13(16)12-5-2-6-17-12/h1-7H,8H2. The third kappa shape index (κ3) is 3.07. The van der Waals surface area contributed by atoms with Crippen molar-refractivity contribution in [3.05, 3.63) is 58.5 Å². The number of halogens is 1. The monoisotopic (exact) mass is 308 g/mol. The van der Waals surface area contributed by atoms with Crippen molar-refractivity contribution in [1.29, 1.82) is 0 Å². The van der Waals surface area contributed by atoms with Gasteiger partial charge in [-0.25, -0.2) is 4.79 Å². The number of furan rings is 1. The first-order valence-corrected chi connectivity index (χ1v) is 5.95. The van der Waals surface area contributed by atoms with Gasteiger partial charge < -0.3 is 9.15 Å². The second-order valence-electron chi connectivity index (χ2n) is 3.49. The Bertz CT molecular complexity index is 560. The highest BCUT2D eigenvalue weighted by Gasteiger charge is 2.13. The Morgan fingerprint density at radius 1 is 1.22 bits per heavy atom. The lowest BCUT2D eigenvalue weighted by molar-refractivity contribution is 0.0444. The molecule has 1 aromatic carbocycles. The van der Waals surface area contributed by atoms with Crippen LogP contribution >= 0.6 is 15.9 Å². The van der Waals surface area contributed by atoms with Gasteiger partial charge in [0, 0.05) is 10.0 Å². The van der Waals surface area contributed by atoms with Gasteiger partial charge in [0.15, 0.2) is 12.4 Å². The summed E-state index contributed by atoms with van der Waals surface area (Å²) in [5.41, 5.74) is 0.483. The van der Waals surface area contributed by atoms with Gasteiger partial charge >= 0.3 is 5.97 Å². The number of carbonyl (C=O) groups excluding carboxylic acids is 2. The number of rotatable bonds is 4. The SMILES string of the molecule is O=C(COC(=O)c1ccco1)c1cccc(Br)c1. The molecule has 0 atom stereocenters. The van der Waals surface area contributed by atoms with Crippen LogP contribution in [-0.2, 0) is 4.74 Å². The molecule has 0 saturated heterocycles. The molecule has 5 heteroatoms. The predicted molar refractivity (Wildman–Crippen MR) is 67.5 cm³/mol. The van der Waals surface area contributed by atoms with E-state index >= 15 is 0 Å². The van der Waals surface area contributed by atoms with E-state index in [1.165, 1.54) is 12.3 Å². The number of Topliss-reactive ketones (excluding diaryl/α,β-unsaturated/α-hetero) is 1. The molecule has 0 spiro atoms. The number of ketones is 1. The molecular weight excluding hydrogens is 300 g/mol. The average molecular weight is 309 g/mol. The summed E-state index contributed by atoms with van der Waals surface area (Å²) >= 11 is 3.27. The van der Waals surface area contributed by atoms with E-state index in [0.717, 1.165) is 4.47 Å². The largest absolute Gasteiger partial charge is 0.457 e. The summed E-state index contributed by atoms with van der Waals surface area (Å²) in [5.74, 6) is -0.836. The topological polar surface area (TPSA) is 56.5 Å². The van der Waals surface area contributed by atoms with Gasteiger partial charge in [-0.2, -0.15) is 0 Å². The molecule has 92 valence electrons. The van der Waals surface area contributed by atoms with Crippen LogP contribution in [-0.4, -0.2) is 18.4 Å². The molecule has 1 heterocycles. The number of hydrogen-bond donors (Lipinski definition) is 0. The summed E-state index contributed by atoms with van der Waals surface area (Å²) in [6.07, 6.45) is 1.37. The molecule has 1 aromatic heterocycles. The van der Waals surface area contributed by atoms with E-state index in [-0.39, 0.29) is 18.2 Å². The van der Waals surface area contributed by atoms with Crippen molar-refractivity contribution in [1.82, 2.24) is 0 Å². The van der Waals surface area contributed by atoms with Crippen LogP contribution in [0.5, 0.6) is 0 Å². The highest BCUT2D eigenvalue weighted by atomic mass is 79.9. The molecule has 0 fully saturated rings. The lowest BCUT2D eigenvalue weighted by Crippen LogP contribution is -2.13. The normalized spacial score (nSPS) is 10.1. The fourth-order valence-electron chi connectivity index (χ4n) is 1.34. The van der Waals surface area contributed by atoms with Crippen LogP contribution in [0.15, 0.2) is 51.6 Å². The van der Waals surface area contributed by atoms with Gasteiger partial charge in [0.1, 0.15) is 0 Å². The maximum absolute atomic E-state index is 11.7. The molecule has 2 aromatic rings. The smallest absolute Gasteiger partial charge is 0.374 e. The van der Waals surface area contributed by atoms with E-state index in [4.69, 9.17) is 9.15 Å². The first-order valence-electron chi connectivity index (χ1n) is 5.16. The highest BCUT2D eigenvalue weighted by molar-refractivity contribution is 9.10. The third-order valence-corrected chi connectivity index (χ3v) is 2.70. The molecular formula is C13H9BrO4. The van der Waals surface area contributed by atoms with Gasteiger partial charge in [-0.15, -0.1) is 0 Å². The Labute approximate surface area is 112 Å². The van der Waals surface area contributed by atoms with Gasteiger partial charge in [-0.05, 0) is 24.3 Å². The van der Waals surface area contributed by atoms with Crippen molar-refractivity contribution in [2.75, 3.05) is 6.61 Å². The summed E-state index contributed by atoms with van der Waals surface area (Å²) in [4.78, 5) is 23.2. The van der Waals surface area contributed by atoms with Crippen molar-refractivity contribution in [2.45, 2.75) is 0 Å². The van der Waals surface area contributed by atoms with Crippen LogP contribution in [0.3, 0.4) is 0 Å². The molecule has 0 aliphatic heterocycles. The van der Waals surface area contributed by atoms with Crippen LogP contribution in [0.1, 0.15) is 20.9 Å². The molecule has 0 bridgehead atoms. The minimum atomic E-state index is -0.650. The van der Waals surface area contributed by atoms with Gasteiger partial charge in [-0.3, -0.25) is 4.79 Å². The summed E-state index contributed by atoms with van der Waals surface area (Å²) < 4.78 is 10.5. The number of benzene rings is 1. The Balaban J connectivity index is 1.95. The predicted octanol–water partition coefficient (Wildman–Crippen LogP) is 3.08. The summed E-state index contributed by atoms with van der Waals surface area (Å²) in [6.45, 7) is -0.310. The maximum atomic E-state index is 11.7. The number of hydrogen-bond acceptors (Lipinski definition) is 4. The summed E-state index contributed by atoms with van der Waals surface area (Å²) in [6, 6.07) is 9.94. The number of carbonyl (C=O) groups is 2. The molecule has 0 saturated carbocycles. The van der Waals surface area contributed by atoms with Gasteiger partial charge in [-0.1, -0.05) is 28.1 Å². The van der Waals surface area contributed by atoms with Crippen LogP contribution < -0.4 is 0 Å². The second kappa shape index (κ2) is 5.64. The Morgan fingerprint density at radius 2 is 2.06 bits per heavy atom. The lowest BCUT2D eigenvalue weighted by Gasteiger charge is -2.02. The number of ether oxygens (including phenoxy) is 1. The third-order valence-electron chi connectivity index (χ3n) is 2.20. The van der Waals surface area contributed by atoms with E-state index < -0.39 is 5.97 Å². The first kappa shape index (κ1) is 12.6. The van der Waals surface area contributed by atoms with Gasteiger partial charge in [0.05, 0.1) is 6.26 Å². The highest BCUT2D eigenvalue weighted by Crippen LogP contribution is 2.12. The molecule has 4 nitrogen and oxygen atoms in total. The lowest BCUT2D eigenvalue weighted by atomic mass is 10.1. The van der Waals surface area contributed by atoms with E-state index in [1.54, 1.807) is 24.3 Å². The van der Waals surface area contributed by atoms with Crippen molar-refractivity contribution in [2.24, 2.45) is 0 Å². The quantitative estimate of drug-likeness (QED) is 0.643. The second-order valence-corrected chi connectivity index (χ2v) is 4.40. The van der Waals surface area contributed by atoms with Gasteiger partial charge in [0.25, 0.3) is 0 Å². The molecule has 0 unspecified atom stereocenters. The molecule has 0 amide bonds. The van der Waals surface area contributed by atoms with Crippen molar-refractivity contribution in [3.63, 3.8) is 0 Å². The van der Waals surface area contributed by atoms with E-state index in [0.29, 0.717) is 5.56 Å². The van der Waals surface area contributed by atoms with Crippen LogP contribution in [0.25, 0.3) is 0 Å². The molecule has 0 N–H and O–H groups in total. The maximum Gasteiger partial charge on any atom is 0.374 e. The molecule has 0 aliphatic rings. The minimum absolute atomic E-state index is 0.0806. The molecule has 2 rings (SSSR count). The zero-order valence-electron chi connectivity index (χ0n) is 9.26. The Hall–Kier alpha value is -1.88. The van der Waals surface area contributed by atoms with Crippen LogP contribution in [0.2, 0.25) is 0 Å². The van der Waals surface area contributed by atoms with E-state index in [9.17, 15) is 9.59 Å². The molecule has 0 radical (unpaired) electrons. The zero-order chi connectivity index (χ0) is 13.0. The van der Waals surface area contributed by atoms with Gasteiger partial charge in [0.2, 0.25) is 5.76 Å². The summed E-state index contributed by atoms with van der Waals surface area (Å²) in [5, 5.41) is 0. The summed E-state index contributed by atoms with van der Waals surface area (Å²) in [7, 11) is 0. The van der Waals surface area contributed by atoms with Crippen molar-refractivity contribution < 1.29 is 18.7 Å². The average Bonchev–Trinajstić information content (AvgIpc) is 2.89. The molecule has 18 heavy (non-hydrogen) atoms. The molecule has 0 aliphatic carbocycles. The fourth-order valence-corrected chi connectivity index (χ4v) is 1.74. The van der Waals surface area contributed by atoms with Crippen molar-refractivity contribution in [3.8, 4) is 0 Å². The number of esters is 1. The van der Waals surface area contributed by atoms with E-state index in [2.05, 4.69) is 15.9 Å². The van der Waals surface area contributed by atoms with Crippen LogP contribution in [0, 0.1) is 0 Å². The van der Waals surface area contributed by atoms with E-state index in [1.807, 2.05) is 6.07 Å².